The second-order valence-corrected chi connectivity index (χ2v) is 7.77. The van der Waals surface area contributed by atoms with E-state index < -0.39 is 0 Å². The van der Waals surface area contributed by atoms with Crippen LogP contribution in [0.3, 0.4) is 0 Å². The molecule has 0 amide bonds. The smallest absolute Gasteiger partial charge is 0.0596 e. The first-order valence-corrected chi connectivity index (χ1v) is 10.4. The Morgan fingerprint density at radius 2 is 1.00 bits per heavy atom. The average Bonchev–Trinajstić information content (AvgIpc) is 3.07. The van der Waals surface area contributed by atoms with Crippen LogP contribution in [0.5, 0.6) is 0 Å². The zero-order valence-corrected chi connectivity index (χ0v) is 16.5. The molecule has 6 aromatic carbocycles. The summed E-state index contributed by atoms with van der Waals surface area (Å²) in [4.78, 5) is 0. The van der Waals surface area contributed by atoms with Crippen molar-refractivity contribution in [2.75, 3.05) is 0 Å². The van der Waals surface area contributed by atoms with Gasteiger partial charge >= 0.3 is 0 Å². The summed E-state index contributed by atoms with van der Waals surface area (Å²) in [5, 5.41) is 10.1. The molecule has 138 valence electrons. The van der Waals surface area contributed by atoms with Crippen LogP contribution in [0, 0.1) is 0 Å². The number of fused-ring (bicyclic) bond motifs is 4. The molecule has 6 rings (SSSR count). The summed E-state index contributed by atoms with van der Waals surface area (Å²) in [6.45, 7) is 0. The van der Waals surface area contributed by atoms with E-state index in [2.05, 4.69) is 121 Å². The van der Waals surface area contributed by atoms with Gasteiger partial charge in [0.1, 0.15) is 21.9 Å². The molecule has 0 unspecified atom stereocenters. The molecule has 0 bridgehead atoms. The van der Waals surface area contributed by atoms with Gasteiger partial charge in [0.25, 0.3) is 0 Å². The molecule has 6 aromatic rings. The van der Waals surface area contributed by atoms with Crippen LogP contribution in [-0.4, -0.2) is 0 Å². The quantitative estimate of drug-likeness (QED) is 0.251. The molecule has 0 atom stereocenters. The van der Waals surface area contributed by atoms with Crippen molar-refractivity contribution < 1.29 is 0 Å². The fourth-order valence-electron chi connectivity index (χ4n) is 4.67. The molecule has 0 nitrogen and oxygen atoms in total. The summed E-state index contributed by atoms with van der Waals surface area (Å²) >= 11 is 0. The zero-order valence-electron chi connectivity index (χ0n) is 16.5. The van der Waals surface area contributed by atoms with Crippen LogP contribution in [0.2, 0.25) is 0 Å². The zero-order chi connectivity index (χ0) is 19.9. The van der Waals surface area contributed by atoms with Gasteiger partial charge in [0, 0.05) is 35.0 Å². The van der Waals surface area contributed by atoms with E-state index in [-0.39, 0.29) is 0 Å². The second kappa shape index (κ2) is 6.86. The third-order valence-electron chi connectivity index (χ3n) is 6.06. The molecule has 0 N–H and O–H groups in total. The highest BCUT2D eigenvalue weighted by atomic mass is 14.2. The minimum atomic E-state index is 1.25. The van der Waals surface area contributed by atoms with Crippen molar-refractivity contribution in [2.24, 2.45) is 0 Å². The minimum Gasteiger partial charge on any atom is -0.0596 e. The molecule has 0 spiro atoms. The lowest BCUT2D eigenvalue weighted by Crippen LogP contribution is -1.83. The fourth-order valence-corrected chi connectivity index (χ4v) is 4.67. The Balaban J connectivity index is 1.99. The molecule has 0 fully saturated rings. The Kier molecular flexibility index (Phi) is 3.89. The van der Waals surface area contributed by atoms with Crippen molar-refractivity contribution >= 4 is 43.1 Å². The summed E-state index contributed by atoms with van der Waals surface area (Å²) in [6, 6.07) is 43.9. The molecule has 0 saturated carbocycles. The Bertz CT molecular complexity index is 1350. The van der Waals surface area contributed by atoms with Gasteiger partial charge in [-0.25, -0.2) is 0 Å². The van der Waals surface area contributed by atoms with E-state index in [1.54, 1.807) is 0 Å². The lowest BCUT2D eigenvalue weighted by molar-refractivity contribution is 1.77. The molecule has 0 saturated heterocycles. The first kappa shape index (κ1) is 17.0. The number of benzene rings is 4. The predicted octanol–water partition coefficient (Wildman–Crippen LogP) is 8.53. The van der Waals surface area contributed by atoms with Crippen molar-refractivity contribution in [3.63, 3.8) is 0 Å². The molecule has 0 heterocycles. The lowest BCUT2D eigenvalue weighted by atomic mass is 9.92. The number of rotatable bonds is 1. The Morgan fingerprint density at radius 1 is 0.433 bits per heavy atom. The van der Waals surface area contributed by atoms with Crippen LogP contribution >= 0.6 is 0 Å². The Labute approximate surface area is 175 Å². The van der Waals surface area contributed by atoms with Crippen LogP contribution in [-0.2, 0) is 0 Å². The van der Waals surface area contributed by atoms with E-state index in [9.17, 15) is 0 Å². The highest BCUT2D eigenvalue weighted by Gasteiger charge is 2.24. The van der Waals surface area contributed by atoms with Crippen LogP contribution in [0.1, 0.15) is 0 Å². The van der Waals surface area contributed by atoms with E-state index >= 15 is 0 Å². The summed E-state index contributed by atoms with van der Waals surface area (Å²) in [6.07, 6.45) is 0. The fraction of sp³-hybridized carbons (Fsp3) is 0. The van der Waals surface area contributed by atoms with E-state index in [0.717, 1.165) is 0 Å². The molecule has 0 aliphatic heterocycles. The normalized spacial score (nSPS) is 11.3. The van der Waals surface area contributed by atoms with E-state index in [0.29, 0.717) is 0 Å². The molecule has 0 aromatic heterocycles. The Morgan fingerprint density at radius 3 is 1.73 bits per heavy atom. The summed E-state index contributed by atoms with van der Waals surface area (Å²) in [7, 11) is 0. The lowest BCUT2D eigenvalue weighted by Gasteiger charge is -2.01. The van der Waals surface area contributed by atoms with Gasteiger partial charge in [-0.1, -0.05) is 24.3 Å². The van der Waals surface area contributed by atoms with E-state index in [1.165, 1.54) is 54.2 Å². The van der Waals surface area contributed by atoms with Gasteiger partial charge in [0.15, 0.2) is 0 Å². The van der Waals surface area contributed by atoms with Crippen LogP contribution in [0.4, 0.5) is 0 Å². The summed E-state index contributed by atoms with van der Waals surface area (Å²) in [5.41, 5.74) is 2.60. The van der Waals surface area contributed by atoms with Gasteiger partial charge in [-0.05, 0) is 72.8 Å². The molecular formula is C30H20+2. The maximum Gasteiger partial charge on any atom is 0.140 e. The topological polar surface area (TPSA) is 0 Å². The largest absolute Gasteiger partial charge is 0.140 e. The second-order valence-electron chi connectivity index (χ2n) is 7.77. The number of hydrogen-bond acceptors (Lipinski definition) is 0. The van der Waals surface area contributed by atoms with Crippen molar-refractivity contribution in [3.8, 4) is 11.1 Å². The van der Waals surface area contributed by atoms with Crippen LogP contribution < -0.4 is 0 Å². The molecule has 0 aliphatic carbocycles. The van der Waals surface area contributed by atoms with Crippen molar-refractivity contribution in [1.29, 1.82) is 0 Å². The molecule has 0 radical (unpaired) electrons. The van der Waals surface area contributed by atoms with Gasteiger partial charge in [0.2, 0.25) is 0 Å². The summed E-state index contributed by atoms with van der Waals surface area (Å²) < 4.78 is 0. The van der Waals surface area contributed by atoms with Crippen molar-refractivity contribution in [2.45, 2.75) is 0 Å². The minimum absolute atomic E-state index is 1.25. The first-order chi connectivity index (χ1) is 14.9. The van der Waals surface area contributed by atoms with Crippen LogP contribution in [0.25, 0.3) is 54.2 Å². The van der Waals surface area contributed by atoms with Gasteiger partial charge in [-0.2, -0.15) is 0 Å². The molecule has 0 aliphatic rings. The van der Waals surface area contributed by atoms with E-state index in [1.807, 2.05) is 0 Å². The first-order valence-electron chi connectivity index (χ1n) is 10.4. The highest BCUT2D eigenvalue weighted by molar-refractivity contribution is 6.20. The van der Waals surface area contributed by atoms with E-state index in [4.69, 9.17) is 0 Å². The van der Waals surface area contributed by atoms with Crippen molar-refractivity contribution in [3.05, 3.63) is 121 Å². The SMILES string of the molecule is c1ccc2c(-[c+]3c4ccccc4ccc4ccccc43)[c+]3ccccc3ccc2c1. The third-order valence-corrected chi connectivity index (χ3v) is 6.06. The monoisotopic (exact) mass is 380 g/mol. The third kappa shape index (κ3) is 2.62. The van der Waals surface area contributed by atoms with Gasteiger partial charge < -0.3 is 0 Å². The molecule has 30 heavy (non-hydrogen) atoms. The van der Waals surface area contributed by atoms with Crippen LogP contribution in [0.15, 0.2) is 121 Å². The molecule has 0 heteroatoms. The molecular weight excluding hydrogens is 360 g/mol. The average molecular weight is 380 g/mol. The van der Waals surface area contributed by atoms with Gasteiger partial charge in [-0.15, -0.1) is 0 Å². The van der Waals surface area contributed by atoms with Gasteiger partial charge in [0.05, 0.1) is 21.5 Å². The maximum absolute atomic E-state index is 2.26. The van der Waals surface area contributed by atoms with Crippen molar-refractivity contribution in [1.82, 2.24) is 0 Å². The number of hydrogen-bond donors (Lipinski definition) is 0. The Hall–Kier alpha value is -3.90. The van der Waals surface area contributed by atoms with Gasteiger partial charge in [-0.3, -0.25) is 0 Å². The summed E-state index contributed by atoms with van der Waals surface area (Å²) in [5.74, 6) is 0. The predicted molar refractivity (Wildman–Crippen MR) is 131 cm³/mol. The highest BCUT2D eigenvalue weighted by Crippen LogP contribution is 2.41. The maximum atomic E-state index is 2.26. The standard InChI is InChI=1S/C30H20/c1-5-13-25-21(9-1)17-18-22-10-2-6-14-26(22)29(25)30-27-15-7-3-11-23(27)19-20-24-12-4-8-16-28(24)30/h1-20H/q+2.